The Morgan fingerprint density at radius 2 is 2.23 bits per heavy atom. The van der Waals surface area contributed by atoms with Gasteiger partial charge in [0.1, 0.15) is 5.82 Å². The van der Waals surface area contributed by atoms with Crippen LogP contribution in [0.3, 0.4) is 0 Å². The van der Waals surface area contributed by atoms with Crippen molar-refractivity contribution in [3.63, 3.8) is 0 Å². The van der Waals surface area contributed by atoms with Gasteiger partial charge in [0.2, 0.25) is 0 Å². The fourth-order valence-electron chi connectivity index (χ4n) is 0.920. The van der Waals surface area contributed by atoms with Crippen molar-refractivity contribution in [2.75, 3.05) is 6.61 Å². The molecule has 1 rings (SSSR count). The van der Waals surface area contributed by atoms with Crippen LogP contribution in [0.1, 0.15) is 11.6 Å². The molecule has 0 heterocycles. The quantitative estimate of drug-likeness (QED) is 0.808. The largest absolute Gasteiger partial charge is 0.394 e. The highest BCUT2D eigenvalue weighted by Crippen LogP contribution is 2.27. The van der Waals surface area contributed by atoms with Crippen molar-refractivity contribution < 1.29 is 9.50 Å². The summed E-state index contributed by atoms with van der Waals surface area (Å²) >= 11 is 8.71. The molecule has 13 heavy (non-hydrogen) atoms. The van der Waals surface area contributed by atoms with E-state index in [0.717, 1.165) is 0 Å². The number of hydrogen-bond donors (Lipinski definition) is 2. The van der Waals surface area contributed by atoms with Crippen LogP contribution < -0.4 is 5.73 Å². The lowest BCUT2D eigenvalue weighted by Gasteiger charge is -2.11. The molecule has 0 spiro atoms. The molecule has 0 aliphatic rings. The smallest absolute Gasteiger partial charge is 0.142 e. The average Bonchev–Trinajstić information content (AvgIpc) is 2.10. The summed E-state index contributed by atoms with van der Waals surface area (Å²) in [5.74, 6) is -0.538. The summed E-state index contributed by atoms with van der Waals surface area (Å²) in [6, 6.07) is 2.04. The zero-order valence-corrected chi connectivity index (χ0v) is 8.94. The predicted molar refractivity (Wildman–Crippen MR) is 53.1 cm³/mol. The van der Waals surface area contributed by atoms with Gasteiger partial charge in [0.25, 0.3) is 0 Å². The first-order valence-corrected chi connectivity index (χ1v) is 4.74. The summed E-state index contributed by atoms with van der Waals surface area (Å²) in [7, 11) is 0. The van der Waals surface area contributed by atoms with Gasteiger partial charge < -0.3 is 10.8 Å². The van der Waals surface area contributed by atoms with E-state index in [1.807, 2.05) is 0 Å². The number of hydrogen-bond acceptors (Lipinski definition) is 2. The number of aliphatic hydroxyl groups is 1. The van der Waals surface area contributed by atoms with Crippen LogP contribution in [0.5, 0.6) is 0 Å². The van der Waals surface area contributed by atoms with Gasteiger partial charge in [-0.05, 0) is 17.7 Å². The average molecular weight is 269 g/mol. The number of rotatable bonds is 2. The normalized spacial score (nSPS) is 13.0. The van der Waals surface area contributed by atoms with E-state index in [-0.39, 0.29) is 11.6 Å². The molecule has 72 valence electrons. The molecular weight excluding hydrogens is 260 g/mol. The molecule has 0 radical (unpaired) electrons. The first-order chi connectivity index (χ1) is 6.06. The Hall–Kier alpha value is -0.160. The van der Waals surface area contributed by atoms with Crippen molar-refractivity contribution >= 4 is 27.5 Å². The Morgan fingerprint density at radius 3 is 2.77 bits per heavy atom. The minimum atomic E-state index is -0.596. The highest BCUT2D eigenvalue weighted by Gasteiger charge is 2.12. The minimum Gasteiger partial charge on any atom is -0.394 e. The Bertz CT molecular complexity index is 321. The first-order valence-electron chi connectivity index (χ1n) is 3.57. The van der Waals surface area contributed by atoms with E-state index in [1.165, 1.54) is 12.1 Å². The highest BCUT2D eigenvalue weighted by atomic mass is 79.9. The van der Waals surface area contributed by atoms with Crippen LogP contribution in [-0.4, -0.2) is 11.7 Å². The maximum Gasteiger partial charge on any atom is 0.142 e. The van der Waals surface area contributed by atoms with Crippen LogP contribution in [0.4, 0.5) is 4.39 Å². The van der Waals surface area contributed by atoms with Crippen LogP contribution in [0.25, 0.3) is 0 Å². The molecule has 0 aliphatic carbocycles. The number of nitrogens with two attached hydrogens (primary N) is 1. The van der Waals surface area contributed by atoms with E-state index in [4.69, 9.17) is 22.4 Å². The Balaban J connectivity index is 3.15. The lowest BCUT2D eigenvalue weighted by atomic mass is 10.1. The molecule has 1 aromatic carbocycles. The highest BCUT2D eigenvalue weighted by molar-refractivity contribution is 9.10. The van der Waals surface area contributed by atoms with Crippen LogP contribution in [0, 0.1) is 5.82 Å². The minimum absolute atomic E-state index is 0.0285. The molecule has 0 amide bonds. The SMILES string of the molecule is NC(CO)c1cc(F)c(Cl)cc1Br. The molecule has 0 bridgehead atoms. The third-order valence-corrected chi connectivity index (χ3v) is 2.61. The Labute approximate surface area is 88.6 Å². The Kier molecular flexibility index (Phi) is 3.67. The molecule has 3 N–H and O–H groups in total. The lowest BCUT2D eigenvalue weighted by Crippen LogP contribution is -2.15. The molecular formula is C8H8BrClFNO. The fraction of sp³-hybridized carbons (Fsp3) is 0.250. The van der Waals surface area contributed by atoms with E-state index in [0.29, 0.717) is 10.0 Å². The van der Waals surface area contributed by atoms with Gasteiger partial charge in [0.05, 0.1) is 17.7 Å². The summed E-state index contributed by atoms with van der Waals surface area (Å²) < 4.78 is 13.6. The third kappa shape index (κ3) is 2.40. The van der Waals surface area contributed by atoms with Crippen molar-refractivity contribution in [2.45, 2.75) is 6.04 Å². The Morgan fingerprint density at radius 1 is 1.62 bits per heavy atom. The summed E-state index contributed by atoms with van der Waals surface area (Å²) in [6.07, 6.45) is 0. The standard InChI is InChI=1S/C8H8BrClFNO/c9-5-2-6(10)7(11)1-4(5)8(12)3-13/h1-2,8,13H,3,12H2. The van der Waals surface area contributed by atoms with E-state index in [2.05, 4.69) is 15.9 Å². The van der Waals surface area contributed by atoms with Gasteiger partial charge in [-0.15, -0.1) is 0 Å². The van der Waals surface area contributed by atoms with Gasteiger partial charge >= 0.3 is 0 Å². The zero-order chi connectivity index (χ0) is 10.0. The lowest BCUT2D eigenvalue weighted by molar-refractivity contribution is 0.267. The summed E-state index contributed by atoms with van der Waals surface area (Å²) in [5, 5.41) is 8.80. The van der Waals surface area contributed by atoms with Crippen LogP contribution >= 0.6 is 27.5 Å². The van der Waals surface area contributed by atoms with Crippen molar-refractivity contribution in [3.05, 3.63) is 33.0 Å². The van der Waals surface area contributed by atoms with Crippen LogP contribution in [-0.2, 0) is 0 Å². The maximum absolute atomic E-state index is 13.0. The van der Waals surface area contributed by atoms with Crippen LogP contribution in [0.15, 0.2) is 16.6 Å². The molecule has 1 unspecified atom stereocenters. The molecule has 5 heteroatoms. The van der Waals surface area contributed by atoms with E-state index in [1.54, 1.807) is 0 Å². The predicted octanol–water partition coefficient (Wildman–Crippen LogP) is 2.23. The van der Waals surface area contributed by atoms with Gasteiger partial charge in [-0.1, -0.05) is 27.5 Å². The second kappa shape index (κ2) is 4.37. The zero-order valence-electron chi connectivity index (χ0n) is 6.60. The van der Waals surface area contributed by atoms with Gasteiger partial charge in [-0.3, -0.25) is 0 Å². The molecule has 0 saturated carbocycles. The van der Waals surface area contributed by atoms with Gasteiger partial charge in [0, 0.05) is 4.47 Å². The topological polar surface area (TPSA) is 46.2 Å². The molecule has 0 aromatic heterocycles. The number of aliphatic hydroxyl groups excluding tert-OH is 1. The van der Waals surface area contributed by atoms with Gasteiger partial charge in [0.15, 0.2) is 0 Å². The second-order valence-corrected chi connectivity index (χ2v) is 3.84. The monoisotopic (exact) mass is 267 g/mol. The van der Waals surface area contributed by atoms with Crippen LogP contribution in [0.2, 0.25) is 5.02 Å². The van der Waals surface area contributed by atoms with Crippen molar-refractivity contribution in [2.24, 2.45) is 5.73 Å². The second-order valence-electron chi connectivity index (χ2n) is 2.58. The van der Waals surface area contributed by atoms with Crippen molar-refractivity contribution in [3.8, 4) is 0 Å². The fourth-order valence-corrected chi connectivity index (χ4v) is 1.85. The molecule has 0 aliphatic heterocycles. The maximum atomic E-state index is 13.0. The number of halogens is 3. The molecule has 0 saturated heterocycles. The first kappa shape index (κ1) is 10.9. The summed E-state index contributed by atoms with van der Waals surface area (Å²) in [6.45, 7) is -0.236. The van der Waals surface area contributed by atoms with E-state index < -0.39 is 11.9 Å². The van der Waals surface area contributed by atoms with Gasteiger partial charge in [-0.2, -0.15) is 0 Å². The van der Waals surface area contributed by atoms with E-state index >= 15 is 0 Å². The molecule has 1 aromatic rings. The molecule has 2 nitrogen and oxygen atoms in total. The third-order valence-electron chi connectivity index (χ3n) is 1.64. The van der Waals surface area contributed by atoms with Crippen molar-refractivity contribution in [1.82, 2.24) is 0 Å². The summed E-state index contributed by atoms with van der Waals surface area (Å²) in [5.41, 5.74) is 6.03. The molecule has 0 fully saturated rings. The molecule has 1 atom stereocenters. The van der Waals surface area contributed by atoms with Crippen molar-refractivity contribution in [1.29, 1.82) is 0 Å². The number of benzene rings is 1. The van der Waals surface area contributed by atoms with E-state index in [9.17, 15) is 4.39 Å². The summed E-state index contributed by atoms with van der Waals surface area (Å²) in [4.78, 5) is 0. The van der Waals surface area contributed by atoms with Gasteiger partial charge in [-0.25, -0.2) is 4.39 Å².